The molecule has 1 aromatic rings. The van der Waals surface area contributed by atoms with Crippen LogP contribution < -0.4 is 5.32 Å². The molecular formula is C14H25N3. The summed E-state index contributed by atoms with van der Waals surface area (Å²) in [5, 5.41) is 8.08. The second-order valence-electron chi connectivity index (χ2n) is 5.29. The maximum absolute atomic E-state index is 4.63. The summed E-state index contributed by atoms with van der Waals surface area (Å²) in [7, 11) is 0. The molecule has 96 valence electrons. The molecule has 1 saturated carbocycles. The van der Waals surface area contributed by atoms with Crippen LogP contribution >= 0.6 is 0 Å². The van der Waals surface area contributed by atoms with Crippen molar-refractivity contribution in [2.75, 3.05) is 6.54 Å². The van der Waals surface area contributed by atoms with E-state index in [1.54, 1.807) is 0 Å². The summed E-state index contributed by atoms with van der Waals surface area (Å²) in [5.74, 6) is 0.866. The quantitative estimate of drug-likeness (QED) is 0.768. The molecule has 3 heteroatoms. The second kappa shape index (κ2) is 6.20. The zero-order valence-electron chi connectivity index (χ0n) is 11.2. The van der Waals surface area contributed by atoms with Crippen LogP contribution in [0.3, 0.4) is 0 Å². The summed E-state index contributed by atoms with van der Waals surface area (Å²) in [6.07, 6.45) is 9.03. The lowest BCUT2D eigenvalue weighted by atomic mass is 10.1. The lowest BCUT2D eigenvalue weighted by Gasteiger charge is -2.08. The smallest absolute Gasteiger partial charge is 0.0638 e. The van der Waals surface area contributed by atoms with E-state index in [9.17, 15) is 0 Å². The van der Waals surface area contributed by atoms with Crippen molar-refractivity contribution in [1.29, 1.82) is 0 Å². The van der Waals surface area contributed by atoms with Gasteiger partial charge in [0.25, 0.3) is 0 Å². The minimum atomic E-state index is 0.866. The molecule has 0 bridgehead atoms. The van der Waals surface area contributed by atoms with Crippen LogP contribution in [0.4, 0.5) is 0 Å². The Kier molecular flexibility index (Phi) is 4.60. The summed E-state index contributed by atoms with van der Waals surface area (Å²) in [6.45, 7) is 7.49. The third kappa shape index (κ3) is 3.56. The van der Waals surface area contributed by atoms with Gasteiger partial charge in [-0.15, -0.1) is 0 Å². The van der Waals surface area contributed by atoms with Crippen LogP contribution in [-0.4, -0.2) is 16.3 Å². The molecule has 0 radical (unpaired) electrons. The molecule has 1 aliphatic carbocycles. The van der Waals surface area contributed by atoms with Crippen LogP contribution in [0, 0.1) is 12.8 Å². The Morgan fingerprint density at radius 2 is 2.18 bits per heavy atom. The van der Waals surface area contributed by atoms with Crippen molar-refractivity contribution in [3.05, 3.63) is 17.5 Å². The normalized spacial score (nSPS) is 16.8. The molecule has 0 atom stereocenters. The van der Waals surface area contributed by atoms with Crippen molar-refractivity contribution in [3.8, 4) is 0 Å². The molecule has 1 aliphatic rings. The van der Waals surface area contributed by atoms with Crippen molar-refractivity contribution in [3.63, 3.8) is 0 Å². The molecule has 1 fully saturated rings. The average Bonchev–Trinajstić information content (AvgIpc) is 2.91. The van der Waals surface area contributed by atoms with Crippen LogP contribution in [-0.2, 0) is 13.1 Å². The van der Waals surface area contributed by atoms with E-state index in [0.29, 0.717) is 0 Å². The molecule has 0 saturated heterocycles. The predicted octanol–water partition coefficient (Wildman–Crippen LogP) is 2.88. The SMILES string of the molecule is CCCNCc1cn(CC2CCCC2)nc1C. The largest absolute Gasteiger partial charge is 0.313 e. The first kappa shape index (κ1) is 12.6. The topological polar surface area (TPSA) is 29.9 Å². The Hall–Kier alpha value is -0.830. The molecule has 1 N–H and O–H groups in total. The van der Waals surface area contributed by atoms with Crippen molar-refractivity contribution in [1.82, 2.24) is 15.1 Å². The predicted molar refractivity (Wildman–Crippen MR) is 70.9 cm³/mol. The number of rotatable bonds is 6. The van der Waals surface area contributed by atoms with Crippen molar-refractivity contribution in [2.45, 2.75) is 59.0 Å². The molecule has 0 amide bonds. The summed E-state index contributed by atoms with van der Waals surface area (Å²) in [5.41, 5.74) is 2.54. The van der Waals surface area contributed by atoms with E-state index < -0.39 is 0 Å². The fraction of sp³-hybridized carbons (Fsp3) is 0.786. The van der Waals surface area contributed by atoms with Crippen LogP contribution in [0.5, 0.6) is 0 Å². The Balaban J connectivity index is 1.88. The fourth-order valence-electron chi connectivity index (χ4n) is 2.68. The van der Waals surface area contributed by atoms with Gasteiger partial charge >= 0.3 is 0 Å². The van der Waals surface area contributed by atoms with E-state index in [2.05, 4.69) is 35.1 Å². The van der Waals surface area contributed by atoms with E-state index in [-0.39, 0.29) is 0 Å². The van der Waals surface area contributed by atoms with Gasteiger partial charge in [-0.2, -0.15) is 5.10 Å². The second-order valence-corrected chi connectivity index (χ2v) is 5.29. The van der Waals surface area contributed by atoms with Gasteiger partial charge in [0, 0.05) is 24.8 Å². The first-order valence-corrected chi connectivity index (χ1v) is 7.03. The highest BCUT2D eigenvalue weighted by Gasteiger charge is 2.16. The van der Waals surface area contributed by atoms with Crippen molar-refractivity contribution in [2.24, 2.45) is 5.92 Å². The van der Waals surface area contributed by atoms with Crippen molar-refractivity contribution >= 4 is 0 Å². The Morgan fingerprint density at radius 3 is 2.88 bits per heavy atom. The first-order valence-electron chi connectivity index (χ1n) is 7.03. The van der Waals surface area contributed by atoms with Gasteiger partial charge in [0.2, 0.25) is 0 Å². The van der Waals surface area contributed by atoms with Gasteiger partial charge in [-0.25, -0.2) is 0 Å². The van der Waals surface area contributed by atoms with Gasteiger partial charge < -0.3 is 5.32 Å². The summed E-state index contributed by atoms with van der Waals surface area (Å²) < 4.78 is 2.16. The summed E-state index contributed by atoms with van der Waals surface area (Å²) >= 11 is 0. The highest BCUT2D eigenvalue weighted by molar-refractivity contribution is 5.15. The molecule has 2 rings (SSSR count). The monoisotopic (exact) mass is 235 g/mol. The summed E-state index contributed by atoms with van der Waals surface area (Å²) in [6, 6.07) is 0. The third-order valence-electron chi connectivity index (χ3n) is 3.71. The maximum atomic E-state index is 4.63. The van der Waals surface area contributed by atoms with E-state index in [1.165, 1.54) is 43.4 Å². The number of aromatic nitrogens is 2. The molecule has 3 nitrogen and oxygen atoms in total. The zero-order valence-corrected chi connectivity index (χ0v) is 11.2. The molecule has 17 heavy (non-hydrogen) atoms. The first-order chi connectivity index (χ1) is 8.29. The molecule has 0 aliphatic heterocycles. The van der Waals surface area contributed by atoms with Crippen molar-refractivity contribution < 1.29 is 0 Å². The van der Waals surface area contributed by atoms with Gasteiger partial charge in [0.15, 0.2) is 0 Å². The molecule has 1 aromatic heterocycles. The molecule has 1 heterocycles. The highest BCUT2D eigenvalue weighted by Crippen LogP contribution is 2.26. The molecule has 0 spiro atoms. The minimum absolute atomic E-state index is 0.866. The highest BCUT2D eigenvalue weighted by atomic mass is 15.3. The Labute approximate surface area is 105 Å². The van der Waals surface area contributed by atoms with Gasteiger partial charge in [-0.3, -0.25) is 4.68 Å². The number of hydrogen-bond donors (Lipinski definition) is 1. The van der Waals surface area contributed by atoms with Crippen LogP contribution in [0.2, 0.25) is 0 Å². The molecular weight excluding hydrogens is 210 g/mol. The lowest BCUT2D eigenvalue weighted by Crippen LogP contribution is -2.14. The van der Waals surface area contributed by atoms with Crippen LogP contribution in [0.25, 0.3) is 0 Å². The van der Waals surface area contributed by atoms with E-state index >= 15 is 0 Å². The fourth-order valence-corrected chi connectivity index (χ4v) is 2.68. The van der Waals surface area contributed by atoms with Gasteiger partial charge in [0.1, 0.15) is 0 Å². The number of aryl methyl sites for hydroxylation is 1. The number of hydrogen-bond acceptors (Lipinski definition) is 2. The standard InChI is InChI=1S/C14H25N3/c1-3-8-15-9-14-11-17(16-12(14)2)10-13-6-4-5-7-13/h11,13,15H,3-10H2,1-2H3. The van der Waals surface area contributed by atoms with E-state index in [0.717, 1.165) is 25.6 Å². The summed E-state index contributed by atoms with van der Waals surface area (Å²) in [4.78, 5) is 0. The average molecular weight is 235 g/mol. The lowest BCUT2D eigenvalue weighted by molar-refractivity contribution is 0.427. The third-order valence-corrected chi connectivity index (χ3v) is 3.71. The molecule has 0 aromatic carbocycles. The number of nitrogens with one attached hydrogen (secondary N) is 1. The van der Waals surface area contributed by atoms with Crippen LogP contribution in [0.1, 0.15) is 50.3 Å². The Bertz CT molecular complexity index is 337. The van der Waals surface area contributed by atoms with Gasteiger partial charge in [0.05, 0.1) is 5.69 Å². The van der Waals surface area contributed by atoms with Gasteiger partial charge in [-0.1, -0.05) is 19.8 Å². The minimum Gasteiger partial charge on any atom is -0.313 e. The Morgan fingerprint density at radius 1 is 1.41 bits per heavy atom. The van der Waals surface area contributed by atoms with E-state index in [1.807, 2.05) is 0 Å². The molecule has 0 unspecified atom stereocenters. The van der Waals surface area contributed by atoms with Gasteiger partial charge in [-0.05, 0) is 38.6 Å². The van der Waals surface area contributed by atoms with E-state index in [4.69, 9.17) is 0 Å². The number of nitrogens with zero attached hydrogens (tertiary/aromatic N) is 2. The zero-order chi connectivity index (χ0) is 12.1. The van der Waals surface area contributed by atoms with Crippen LogP contribution in [0.15, 0.2) is 6.20 Å². The maximum Gasteiger partial charge on any atom is 0.0638 e.